The maximum atomic E-state index is 10.9. The van der Waals surface area contributed by atoms with Crippen molar-refractivity contribution in [1.82, 2.24) is 5.32 Å². The zero-order chi connectivity index (χ0) is 12.9. The van der Waals surface area contributed by atoms with Gasteiger partial charge in [0.2, 0.25) is 0 Å². The minimum Gasteiger partial charge on any atom is -0.478 e. The molecule has 1 aromatic heterocycles. The van der Waals surface area contributed by atoms with Gasteiger partial charge in [0.05, 0.1) is 12.8 Å². The van der Waals surface area contributed by atoms with E-state index in [9.17, 15) is 4.79 Å². The highest BCUT2D eigenvalue weighted by Gasteiger charge is 2.22. The van der Waals surface area contributed by atoms with Gasteiger partial charge in [0, 0.05) is 12.1 Å². The quantitative estimate of drug-likeness (QED) is 0.675. The average Bonchev–Trinajstić information content (AvgIpc) is 2.75. The zero-order valence-electron chi connectivity index (χ0n) is 10.2. The molecule has 0 radical (unpaired) electrons. The van der Waals surface area contributed by atoms with E-state index in [0.29, 0.717) is 18.7 Å². The molecule has 0 aromatic carbocycles. The summed E-state index contributed by atoms with van der Waals surface area (Å²) in [5.74, 6) is -0.578. The molecule has 0 aliphatic heterocycles. The van der Waals surface area contributed by atoms with Gasteiger partial charge >= 0.3 is 5.97 Å². The van der Waals surface area contributed by atoms with Crippen LogP contribution in [0.25, 0.3) is 0 Å². The third-order valence-electron chi connectivity index (χ3n) is 3.10. The Bertz CT molecular complexity index is 374. The highest BCUT2D eigenvalue weighted by molar-refractivity contribution is 5.88. The summed E-state index contributed by atoms with van der Waals surface area (Å²) in [6.07, 6.45) is 2.83. The SMILES string of the molecule is CCC(C)(CCO)NCc1occc1C(=O)O. The number of rotatable bonds is 7. The second kappa shape index (κ2) is 5.84. The first-order valence-electron chi connectivity index (χ1n) is 5.68. The molecule has 96 valence electrons. The average molecular weight is 241 g/mol. The Morgan fingerprint density at radius 2 is 2.29 bits per heavy atom. The minimum absolute atomic E-state index is 0.0985. The summed E-state index contributed by atoms with van der Waals surface area (Å²) >= 11 is 0. The first-order valence-corrected chi connectivity index (χ1v) is 5.68. The van der Waals surface area contributed by atoms with Crippen molar-refractivity contribution in [3.8, 4) is 0 Å². The van der Waals surface area contributed by atoms with Gasteiger partial charge in [-0.05, 0) is 25.8 Å². The number of carbonyl (C=O) groups is 1. The lowest BCUT2D eigenvalue weighted by molar-refractivity contribution is 0.0693. The summed E-state index contributed by atoms with van der Waals surface area (Å²) in [4.78, 5) is 10.9. The van der Waals surface area contributed by atoms with E-state index in [-0.39, 0.29) is 17.7 Å². The van der Waals surface area contributed by atoms with Gasteiger partial charge < -0.3 is 19.9 Å². The van der Waals surface area contributed by atoms with E-state index >= 15 is 0 Å². The van der Waals surface area contributed by atoms with E-state index in [1.807, 2.05) is 13.8 Å². The van der Waals surface area contributed by atoms with Crippen LogP contribution >= 0.6 is 0 Å². The second-order valence-electron chi connectivity index (χ2n) is 4.30. The lowest BCUT2D eigenvalue weighted by atomic mass is 9.95. The Balaban J connectivity index is 2.66. The molecule has 1 rings (SSSR count). The summed E-state index contributed by atoms with van der Waals surface area (Å²) in [5, 5.41) is 21.1. The Hall–Kier alpha value is -1.33. The molecule has 0 amide bonds. The smallest absolute Gasteiger partial charge is 0.339 e. The van der Waals surface area contributed by atoms with Crippen LogP contribution in [0.2, 0.25) is 0 Å². The van der Waals surface area contributed by atoms with Crippen molar-refractivity contribution in [2.24, 2.45) is 0 Å². The largest absolute Gasteiger partial charge is 0.478 e. The van der Waals surface area contributed by atoms with Gasteiger partial charge in [-0.2, -0.15) is 0 Å². The highest BCUT2D eigenvalue weighted by atomic mass is 16.4. The van der Waals surface area contributed by atoms with E-state index in [2.05, 4.69) is 5.32 Å². The molecule has 1 unspecified atom stereocenters. The number of aromatic carboxylic acids is 1. The van der Waals surface area contributed by atoms with Crippen LogP contribution < -0.4 is 5.32 Å². The molecular formula is C12H19NO4. The second-order valence-corrected chi connectivity index (χ2v) is 4.30. The Morgan fingerprint density at radius 3 is 2.82 bits per heavy atom. The fourth-order valence-corrected chi connectivity index (χ4v) is 1.60. The number of carboxylic acids is 1. The standard InChI is InChI=1S/C12H19NO4/c1-3-12(2,5-6-14)13-8-10-9(11(15)16)4-7-17-10/h4,7,13-14H,3,5-6,8H2,1-2H3,(H,15,16). The Labute approximate surface area is 100 Å². The third kappa shape index (κ3) is 3.57. The lowest BCUT2D eigenvalue weighted by Crippen LogP contribution is -2.42. The summed E-state index contributed by atoms with van der Waals surface area (Å²) in [7, 11) is 0. The van der Waals surface area contributed by atoms with Gasteiger partial charge in [-0.3, -0.25) is 0 Å². The summed E-state index contributed by atoms with van der Waals surface area (Å²) in [6, 6.07) is 1.44. The molecule has 17 heavy (non-hydrogen) atoms. The van der Waals surface area contributed by atoms with E-state index in [1.54, 1.807) is 0 Å². The van der Waals surface area contributed by atoms with Crippen LogP contribution in [0.5, 0.6) is 0 Å². The van der Waals surface area contributed by atoms with Crippen molar-refractivity contribution >= 4 is 5.97 Å². The van der Waals surface area contributed by atoms with E-state index in [4.69, 9.17) is 14.6 Å². The van der Waals surface area contributed by atoms with Gasteiger partial charge in [0.15, 0.2) is 0 Å². The van der Waals surface area contributed by atoms with Crippen molar-refractivity contribution in [2.45, 2.75) is 38.8 Å². The lowest BCUT2D eigenvalue weighted by Gasteiger charge is -2.28. The monoisotopic (exact) mass is 241 g/mol. The maximum Gasteiger partial charge on any atom is 0.339 e. The van der Waals surface area contributed by atoms with Crippen LogP contribution in [-0.2, 0) is 6.54 Å². The minimum atomic E-state index is -0.990. The molecule has 0 aliphatic rings. The number of hydrogen-bond acceptors (Lipinski definition) is 4. The molecule has 1 atom stereocenters. The molecule has 0 fully saturated rings. The van der Waals surface area contributed by atoms with Crippen LogP contribution in [0, 0.1) is 0 Å². The number of nitrogens with one attached hydrogen (secondary N) is 1. The normalized spacial score (nSPS) is 14.5. The van der Waals surface area contributed by atoms with Gasteiger partial charge in [0.25, 0.3) is 0 Å². The van der Waals surface area contributed by atoms with Crippen molar-refractivity contribution in [1.29, 1.82) is 0 Å². The number of carboxylic acid groups (broad SMARTS) is 1. The van der Waals surface area contributed by atoms with Crippen LogP contribution in [0.1, 0.15) is 42.8 Å². The molecule has 1 heterocycles. The van der Waals surface area contributed by atoms with Gasteiger partial charge in [-0.25, -0.2) is 4.79 Å². The number of hydrogen-bond donors (Lipinski definition) is 3. The van der Waals surface area contributed by atoms with Crippen LogP contribution in [0.15, 0.2) is 16.7 Å². The maximum absolute atomic E-state index is 10.9. The predicted molar refractivity (Wildman–Crippen MR) is 62.9 cm³/mol. The molecule has 0 bridgehead atoms. The fourth-order valence-electron chi connectivity index (χ4n) is 1.60. The predicted octanol–water partition coefficient (Wildman–Crippen LogP) is 1.62. The van der Waals surface area contributed by atoms with Gasteiger partial charge in [0.1, 0.15) is 11.3 Å². The summed E-state index contributed by atoms with van der Waals surface area (Å²) < 4.78 is 5.14. The van der Waals surface area contributed by atoms with Crippen molar-refractivity contribution in [3.05, 3.63) is 23.7 Å². The molecule has 5 nitrogen and oxygen atoms in total. The number of aliphatic hydroxyl groups excluding tert-OH is 1. The molecule has 3 N–H and O–H groups in total. The first kappa shape index (κ1) is 13.7. The molecule has 0 aliphatic carbocycles. The van der Waals surface area contributed by atoms with Crippen LogP contribution in [0.3, 0.4) is 0 Å². The van der Waals surface area contributed by atoms with Crippen LogP contribution in [-0.4, -0.2) is 28.3 Å². The summed E-state index contributed by atoms with van der Waals surface area (Å²) in [6.45, 7) is 4.45. The topological polar surface area (TPSA) is 82.7 Å². The fraction of sp³-hybridized carbons (Fsp3) is 0.583. The zero-order valence-corrected chi connectivity index (χ0v) is 10.2. The molecular weight excluding hydrogens is 222 g/mol. The van der Waals surface area contributed by atoms with E-state index in [0.717, 1.165) is 6.42 Å². The number of aliphatic hydroxyl groups is 1. The first-order chi connectivity index (χ1) is 8.02. The van der Waals surface area contributed by atoms with E-state index in [1.165, 1.54) is 12.3 Å². The molecule has 0 saturated heterocycles. The van der Waals surface area contributed by atoms with Crippen molar-refractivity contribution < 1.29 is 19.4 Å². The third-order valence-corrected chi connectivity index (χ3v) is 3.10. The molecule has 0 saturated carbocycles. The van der Waals surface area contributed by atoms with Gasteiger partial charge in [-0.1, -0.05) is 6.92 Å². The van der Waals surface area contributed by atoms with E-state index < -0.39 is 5.97 Å². The Kier molecular flexibility index (Phi) is 4.72. The van der Waals surface area contributed by atoms with Crippen molar-refractivity contribution in [2.75, 3.05) is 6.61 Å². The van der Waals surface area contributed by atoms with Crippen molar-refractivity contribution in [3.63, 3.8) is 0 Å². The van der Waals surface area contributed by atoms with Gasteiger partial charge in [-0.15, -0.1) is 0 Å². The molecule has 1 aromatic rings. The highest BCUT2D eigenvalue weighted by Crippen LogP contribution is 2.17. The molecule has 0 spiro atoms. The number of furan rings is 1. The Morgan fingerprint density at radius 1 is 1.59 bits per heavy atom. The van der Waals surface area contributed by atoms with Crippen LogP contribution in [0.4, 0.5) is 0 Å². The summed E-state index contributed by atoms with van der Waals surface area (Å²) in [5.41, 5.74) is -0.0305. The molecule has 5 heteroatoms.